The van der Waals surface area contributed by atoms with Crippen LogP contribution in [0.5, 0.6) is 46.0 Å². The Bertz CT molecular complexity index is 7720. The van der Waals surface area contributed by atoms with Crippen molar-refractivity contribution >= 4 is 23.6 Å². The Labute approximate surface area is 736 Å². The first kappa shape index (κ1) is 47.9. The number of benzene rings is 8. The zero-order valence-corrected chi connectivity index (χ0v) is 61.7. The van der Waals surface area contributed by atoms with Crippen LogP contribution in [-0.4, -0.2) is 160 Å². The van der Waals surface area contributed by atoms with Gasteiger partial charge in [-0.1, -0.05) is 72.6 Å². The first-order valence-electron chi connectivity index (χ1n) is 53.2. The fraction of sp³-hybridized carbons (Fsp3) is 0.227. The van der Waals surface area contributed by atoms with Crippen LogP contribution in [0.25, 0.3) is 44.5 Å². The van der Waals surface area contributed by atoms with Gasteiger partial charge in [0.1, 0.15) is 95.5 Å². The summed E-state index contributed by atoms with van der Waals surface area (Å²) in [6.07, 6.45) is -15.7. The van der Waals surface area contributed by atoms with Gasteiger partial charge < -0.3 is 57.5 Å². The highest BCUT2D eigenvalue weighted by molar-refractivity contribution is 6.01. The molecule has 120 heavy (non-hydrogen) atoms. The highest BCUT2D eigenvalue weighted by Crippen LogP contribution is 2.38. The molecule has 0 aliphatic carbocycles. The minimum Gasteiger partial charge on any atom is -0.491 e. The van der Waals surface area contributed by atoms with Crippen LogP contribution in [0.4, 0.5) is 35.1 Å². The third-order valence-corrected chi connectivity index (χ3v) is 15.3. The number of nitrogens with zero attached hydrogens (tertiary/aromatic N) is 12. The number of hydrogen-bond acceptors (Lipinski definition) is 20. The van der Waals surface area contributed by atoms with Gasteiger partial charge in [-0.15, -0.1) is 0 Å². The third kappa shape index (κ3) is 23.1. The summed E-state index contributed by atoms with van der Waals surface area (Å²) in [4.78, 5) is 88.4. The molecule has 4 amide bonds. The smallest absolute Gasteiger partial charge is 0.394 e. The number of carbonyl (C=O) groups is 4. The summed E-state index contributed by atoms with van der Waals surface area (Å²) in [7, 11) is 0. The van der Waals surface area contributed by atoms with Crippen molar-refractivity contribution in [2.75, 3.05) is 52.4 Å². The van der Waals surface area contributed by atoms with Gasteiger partial charge in [-0.25, -0.2) is 39.9 Å². The number of rotatable bonds is 20. The number of hydrogen-bond donors (Lipinski definition) is 0. The van der Waals surface area contributed by atoms with Crippen molar-refractivity contribution < 1.29 is 144 Å². The van der Waals surface area contributed by atoms with E-state index in [1.807, 2.05) is 0 Å². The van der Waals surface area contributed by atoms with Crippen LogP contribution in [0.1, 0.15) is 145 Å². The molecule has 0 radical (unpaired) electrons. The number of fused-ring (bicyclic) bond motifs is 4. The van der Waals surface area contributed by atoms with E-state index in [1.165, 1.54) is 54.9 Å². The van der Waals surface area contributed by atoms with Crippen molar-refractivity contribution in [1.82, 2.24) is 59.5 Å². The van der Waals surface area contributed by atoms with Crippen molar-refractivity contribution in [2.45, 2.75) is 78.3 Å². The van der Waals surface area contributed by atoms with Gasteiger partial charge in [-0.2, -0.15) is 35.1 Å². The molecule has 32 heteroatoms. The Morgan fingerprint density at radius 3 is 0.942 bits per heavy atom. The first-order valence-corrected chi connectivity index (χ1v) is 34.2. The first-order chi connectivity index (χ1) is 72.9. The molecule has 12 aromatic rings. The van der Waals surface area contributed by atoms with E-state index in [2.05, 4.69) is 58.8 Å². The van der Waals surface area contributed by atoms with E-state index in [0.29, 0.717) is 27.7 Å². The molecule has 8 aromatic carbocycles. The monoisotopic (exact) mass is 1680 g/mol. The van der Waals surface area contributed by atoms with Crippen LogP contribution in [0, 0.1) is 0 Å². The average molecular weight is 1680 g/mol. The van der Waals surface area contributed by atoms with Crippen molar-refractivity contribution in [1.29, 1.82) is 0 Å². The number of carbonyl (C=O) groups excluding carboxylic acids is 4. The molecule has 0 atom stereocenters. The van der Waals surface area contributed by atoms with Crippen LogP contribution in [0.2, 0.25) is 0 Å². The third-order valence-electron chi connectivity index (χ3n) is 15.3. The summed E-state index contributed by atoms with van der Waals surface area (Å²) in [6.45, 7) is -13.4. The van der Waals surface area contributed by atoms with Crippen molar-refractivity contribution in [2.24, 2.45) is 0 Å². The molecule has 0 saturated heterocycles. The molecule has 24 nitrogen and oxygen atoms in total. The Morgan fingerprint density at radius 1 is 0.333 bits per heavy atom. The van der Waals surface area contributed by atoms with Crippen LogP contribution in [-0.2, 0) is 26.2 Å². The van der Waals surface area contributed by atoms with Gasteiger partial charge in [0, 0.05) is 77.1 Å². The van der Waals surface area contributed by atoms with Gasteiger partial charge in [-0.05, 0) is 165 Å². The maximum atomic E-state index is 13.7. The van der Waals surface area contributed by atoms with E-state index >= 15 is 0 Å². The standard InChI is InChI=1S/4C22H19F2N3O3/c4*1-22(23,24)30-17-6-3-15(4-7-17)16-5-8-19-18(13-16)21(28)27(11-12-29-19)14-20-25-9-2-10-26-20/h4*2-10,13H,11-12,14H2,1H3/i2D,3D,4D,5D,6D,7D,8D,9D,10D,12D2,13D;3D,4D,5D,6D,7D,8D,12D2,13D;2D,3D,4D,6D,7D,9D,10D,12D2;2D,5D,8D,9D,10D,12D2,13D. The largest absolute Gasteiger partial charge is 0.491 e. The molecule has 0 saturated carbocycles. The minimum absolute atomic E-state index is 0.0170. The van der Waals surface area contributed by atoms with Gasteiger partial charge in [0.25, 0.3) is 23.6 Å². The molecule has 0 unspecified atom stereocenters. The lowest BCUT2D eigenvalue weighted by Crippen LogP contribution is -2.32. The highest BCUT2D eigenvalue weighted by Gasteiger charge is 2.32. The molecule has 8 heterocycles. The molecule has 4 aromatic heterocycles. The van der Waals surface area contributed by atoms with E-state index < -0.39 is 376 Å². The maximum Gasteiger partial charge on any atom is 0.394 e. The summed E-state index contributed by atoms with van der Waals surface area (Å²) < 4.78 is 455. The molecular weight excluding hydrogens is 1570 g/mol. The Hall–Kier alpha value is -14.2. The van der Waals surface area contributed by atoms with Crippen LogP contribution >= 0.6 is 0 Å². The lowest BCUT2D eigenvalue weighted by molar-refractivity contribution is -0.159. The second kappa shape index (κ2) is 37.4. The lowest BCUT2D eigenvalue weighted by Gasteiger charge is -2.19. The Kier molecular flexibility index (Phi) is 14.9. The van der Waals surface area contributed by atoms with E-state index in [9.17, 15) is 54.3 Å². The van der Waals surface area contributed by atoms with Gasteiger partial charge in [0.2, 0.25) is 0 Å². The molecule has 4 aliphatic heterocycles. The van der Waals surface area contributed by atoms with Crippen LogP contribution in [0.15, 0.2) is 243 Å². The molecule has 0 fully saturated rings. The molecule has 0 spiro atoms. The summed E-state index contributed by atoms with van der Waals surface area (Å²) in [5.74, 6) is -10.2. The molecule has 0 N–H and O–H groups in total. The zero-order valence-electron chi connectivity index (χ0n) is 99.7. The second-order valence-corrected chi connectivity index (χ2v) is 24.6. The summed E-state index contributed by atoms with van der Waals surface area (Å²) in [5.41, 5.74) is -5.52. The number of halogens is 8. The van der Waals surface area contributed by atoms with E-state index in [-0.39, 0.29) is 69.2 Å². The van der Waals surface area contributed by atoms with Crippen LogP contribution in [0.3, 0.4) is 0 Å². The highest BCUT2D eigenvalue weighted by atomic mass is 19.3. The van der Waals surface area contributed by atoms with E-state index in [0.717, 1.165) is 25.7 Å². The van der Waals surface area contributed by atoms with Crippen molar-refractivity contribution in [3.63, 3.8) is 0 Å². The molecule has 16 rings (SSSR count). The topological polar surface area (TPSA) is 258 Å². The molecular formula is C88H76F8N12O12. The normalized spacial score (nSPS) is 20.1. The van der Waals surface area contributed by atoms with Gasteiger partial charge in [-0.3, -0.25) is 19.2 Å². The Balaban J connectivity index is 0.000000174. The minimum atomic E-state index is -3.88. The summed E-state index contributed by atoms with van der Waals surface area (Å²) >= 11 is 0. The molecule has 0 bridgehead atoms. The summed E-state index contributed by atoms with van der Waals surface area (Å²) in [5, 5.41) is 0. The lowest BCUT2D eigenvalue weighted by atomic mass is 10.0. The quantitative estimate of drug-likeness (QED) is 0.0642. The number of alkyl halides is 8. The average Bonchev–Trinajstić information content (AvgIpc) is 1.39. The van der Waals surface area contributed by atoms with Gasteiger partial charge in [0.15, 0.2) is 0 Å². The number of ether oxygens (including phenoxy) is 8. The molecule has 616 valence electrons. The van der Waals surface area contributed by atoms with Gasteiger partial charge in [0.05, 0.1) is 127 Å². The maximum absolute atomic E-state index is 13.7. The van der Waals surface area contributed by atoms with Gasteiger partial charge >= 0.3 is 24.4 Å². The fourth-order valence-electron chi connectivity index (χ4n) is 10.3. The second-order valence-electron chi connectivity index (χ2n) is 24.6. The fourth-order valence-corrected chi connectivity index (χ4v) is 10.3. The van der Waals surface area contributed by atoms with E-state index in [4.69, 9.17) is 71.0 Å². The predicted octanol–water partition coefficient (Wildman–Crippen LogP) is 16.7. The SMILES string of the molecule is [2H]c1c([2H])c(-c2c([2H])c([2H])c3c(c2[2H])C(=O)N(Cc2ncccn2)CC([2H])([2H])O3)c([2H])c([2H])c1OC(C)(F)F.[2H]c1nc(CN2CC([2H])([2H])Oc3c([2H])c([2H])c(-c4c([2H])c([2H])c(OC(C)(F)F)c([2H])c4[2H])c([2H])c3C2=O)nc([2H])c1[2H].[2H]c1nc(CN2CC([2H])([2H])Oc3c([2H])c([2H])c(-c4ccc(OC(C)(F)F)cc4)c([2H])c3C2=O)nc([2H])c1[2H].[2H]c1nc(CN2CC([2H])([2H])Oc3ccc(-c4c([2H])c([2H])c(OC(C)(F)F)c([2H])c4[2H])cc3C2=O)nc([2H])c1[2H]. The van der Waals surface area contributed by atoms with Crippen molar-refractivity contribution in [3.05, 3.63) is 289 Å². The van der Waals surface area contributed by atoms with E-state index in [1.54, 1.807) is 0 Å². The molecule has 4 aliphatic rings. The Morgan fingerprint density at radius 2 is 0.608 bits per heavy atom. The zero-order chi connectivity index (χ0) is 118. The predicted molar refractivity (Wildman–Crippen MR) is 422 cm³/mol. The summed E-state index contributed by atoms with van der Waals surface area (Å²) in [6, 6.07) is -10.1. The van der Waals surface area contributed by atoms with Crippen molar-refractivity contribution in [3.8, 4) is 90.5 Å². The van der Waals surface area contributed by atoms with Crippen LogP contribution < -0.4 is 37.9 Å². The number of amides is 4. The number of aromatic nitrogens is 8.